The van der Waals surface area contributed by atoms with Crippen molar-refractivity contribution in [1.82, 2.24) is 9.88 Å². The molecule has 0 spiro atoms. The van der Waals surface area contributed by atoms with Gasteiger partial charge in [0.2, 0.25) is 0 Å². The van der Waals surface area contributed by atoms with Crippen LogP contribution in [0.5, 0.6) is 11.5 Å². The maximum Gasteiger partial charge on any atom is 0.161 e. The monoisotopic (exact) mass is 585 g/mol. The predicted octanol–water partition coefficient (Wildman–Crippen LogP) is 8.22. The van der Waals surface area contributed by atoms with Crippen LogP contribution in [0.25, 0.3) is 16.8 Å². The number of aryl methyl sites for hydroxylation is 1. The molecule has 2 heterocycles. The van der Waals surface area contributed by atoms with Crippen molar-refractivity contribution in [2.75, 3.05) is 27.3 Å². The Hall–Kier alpha value is -3.32. The molecule has 7 heteroatoms. The van der Waals surface area contributed by atoms with Crippen molar-refractivity contribution < 1.29 is 14.6 Å². The minimum absolute atomic E-state index is 0.0527. The number of amidine groups is 1. The summed E-state index contributed by atoms with van der Waals surface area (Å²) in [6, 6.07) is 13.0. The molecule has 2 aliphatic carbocycles. The van der Waals surface area contributed by atoms with Crippen molar-refractivity contribution in [2.45, 2.75) is 71.1 Å². The number of hydrogen-bond acceptors (Lipinski definition) is 6. The average Bonchev–Trinajstić information content (AvgIpc) is 3.55. The fourth-order valence-electron chi connectivity index (χ4n) is 8.14. The van der Waals surface area contributed by atoms with Crippen molar-refractivity contribution >= 4 is 22.7 Å². The maximum absolute atomic E-state index is 11.1. The molecule has 3 aromatic rings. The summed E-state index contributed by atoms with van der Waals surface area (Å²) in [5, 5.41) is 23.0. The molecule has 6 nitrogen and oxygen atoms in total. The van der Waals surface area contributed by atoms with Crippen LogP contribution < -0.4 is 9.47 Å². The molecule has 42 heavy (non-hydrogen) atoms. The van der Waals surface area contributed by atoms with Gasteiger partial charge in [0.15, 0.2) is 11.5 Å². The number of aliphatic hydroxyl groups excluding tert-OH is 1. The number of hydrogen-bond donors (Lipinski definition) is 2. The van der Waals surface area contributed by atoms with E-state index < -0.39 is 0 Å². The number of aliphatic hydroxyl groups is 1. The van der Waals surface area contributed by atoms with Crippen LogP contribution in [0.1, 0.15) is 81.0 Å². The van der Waals surface area contributed by atoms with Crippen LogP contribution in [-0.4, -0.2) is 48.1 Å². The molecular formula is C35H43N3O3S. The van der Waals surface area contributed by atoms with Crippen LogP contribution in [-0.2, 0) is 11.8 Å². The fraction of sp³-hybridized carbons (Fsp3) is 0.486. The molecule has 2 aromatic carbocycles. The number of nitrogens with one attached hydrogen (secondary N) is 1. The lowest BCUT2D eigenvalue weighted by Crippen LogP contribution is -2.53. The van der Waals surface area contributed by atoms with Gasteiger partial charge in [0.05, 0.1) is 32.0 Å². The zero-order valence-corrected chi connectivity index (χ0v) is 26.5. The Balaban J connectivity index is 1.23. The van der Waals surface area contributed by atoms with Crippen LogP contribution >= 0.6 is 11.3 Å². The fourth-order valence-corrected chi connectivity index (χ4v) is 9.03. The number of rotatable bonds is 7. The second-order valence-electron chi connectivity index (χ2n) is 13.2. The first-order valence-corrected chi connectivity index (χ1v) is 16.0. The smallest absolute Gasteiger partial charge is 0.161 e. The number of fused-ring (bicyclic) bond motifs is 3. The van der Waals surface area contributed by atoms with Crippen molar-refractivity contribution in [3.8, 4) is 22.8 Å². The third-order valence-electron chi connectivity index (χ3n) is 10.3. The average molecular weight is 586 g/mol. The van der Waals surface area contributed by atoms with E-state index in [1.165, 1.54) is 47.3 Å². The van der Waals surface area contributed by atoms with E-state index in [0.717, 1.165) is 30.6 Å². The first kappa shape index (κ1) is 28.8. The SMILES string of the molecule is COc1ccc(-c2csc(C3=C(O)CN(C[C@@]4(C)CCC[C@@]5(C)c6ccc(C(C)C)cc6CC[C@@H]45)C3=N)n2)cc1OC. The van der Waals surface area contributed by atoms with Gasteiger partial charge in [0.25, 0.3) is 0 Å². The Morgan fingerprint density at radius 2 is 1.88 bits per heavy atom. The third kappa shape index (κ3) is 4.70. The molecule has 1 fully saturated rings. The van der Waals surface area contributed by atoms with Crippen molar-refractivity contribution in [3.05, 3.63) is 69.2 Å². The summed E-state index contributed by atoms with van der Waals surface area (Å²) in [4.78, 5) is 6.94. The Labute approximate surface area is 253 Å². The van der Waals surface area contributed by atoms with Gasteiger partial charge < -0.3 is 19.5 Å². The van der Waals surface area contributed by atoms with E-state index in [-0.39, 0.29) is 16.6 Å². The van der Waals surface area contributed by atoms with E-state index in [9.17, 15) is 5.11 Å². The highest BCUT2D eigenvalue weighted by Crippen LogP contribution is 2.58. The largest absolute Gasteiger partial charge is 0.510 e. The molecule has 3 aliphatic rings. The van der Waals surface area contributed by atoms with Gasteiger partial charge in [-0.2, -0.15) is 0 Å². The highest BCUT2D eigenvalue weighted by Gasteiger charge is 2.52. The lowest BCUT2D eigenvalue weighted by atomic mass is 9.49. The van der Waals surface area contributed by atoms with E-state index in [2.05, 4.69) is 50.8 Å². The standard InChI is InChI=1S/C35H43N3O3S/c1-21(2)22-8-11-25-23(16-22)10-13-30-34(3,14-7-15-35(25,30)4)20-38-18-27(39)31(32(38)36)33-37-26(19-42-33)24-9-12-28(40-5)29(17-24)41-6/h8-9,11-12,16-17,19,21,30,36,39H,7,10,13-15,18,20H2,1-6H3/t30-,34+,35-/m0/s1. The van der Waals surface area contributed by atoms with Gasteiger partial charge in [0, 0.05) is 17.5 Å². The van der Waals surface area contributed by atoms with Gasteiger partial charge in [-0.15, -0.1) is 11.3 Å². The highest BCUT2D eigenvalue weighted by molar-refractivity contribution is 7.11. The molecule has 0 unspecified atom stereocenters. The summed E-state index contributed by atoms with van der Waals surface area (Å²) in [7, 11) is 3.24. The van der Waals surface area contributed by atoms with Gasteiger partial charge >= 0.3 is 0 Å². The molecular weight excluding hydrogens is 542 g/mol. The third-order valence-corrected chi connectivity index (χ3v) is 11.2. The molecule has 2 N–H and O–H groups in total. The Morgan fingerprint density at radius 1 is 1.10 bits per heavy atom. The number of benzene rings is 2. The molecule has 0 bridgehead atoms. The van der Waals surface area contributed by atoms with E-state index in [1.807, 2.05) is 23.6 Å². The second-order valence-corrected chi connectivity index (χ2v) is 14.1. The van der Waals surface area contributed by atoms with Crippen LogP contribution in [0.3, 0.4) is 0 Å². The minimum atomic E-state index is 0.0527. The number of aromatic nitrogens is 1. The van der Waals surface area contributed by atoms with Gasteiger partial charge in [-0.1, -0.05) is 52.3 Å². The minimum Gasteiger partial charge on any atom is -0.510 e. The Kier molecular flexibility index (Phi) is 7.37. The van der Waals surface area contributed by atoms with Crippen molar-refractivity contribution in [2.24, 2.45) is 11.3 Å². The summed E-state index contributed by atoms with van der Waals surface area (Å²) in [6.07, 6.45) is 5.84. The number of ether oxygens (including phenoxy) is 2. The van der Waals surface area contributed by atoms with Crippen LogP contribution in [0.2, 0.25) is 0 Å². The molecule has 0 radical (unpaired) electrons. The molecule has 222 valence electrons. The van der Waals surface area contributed by atoms with Gasteiger partial charge in [0.1, 0.15) is 16.6 Å². The quantitative estimate of drug-likeness (QED) is 0.292. The molecule has 3 atom stereocenters. The number of nitrogens with zero attached hydrogens (tertiary/aromatic N) is 2. The molecule has 0 amide bonds. The molecule has 1 aromatic heterocycles. The summed E-state index contributed by atoms with van der Waals surface area (Å²) < 4.78 is 10.9. The van der Waals surface area contributed by atoms with E-state index >= 15 is 0 Å². The summed E-state index contributed by atoms with van der Waals surface area (Å²) in [6.45, 7) is 10.6. The zero-order valence-electron chi connectivity index (χ0n) is 25.7. The topological polar surface area (TPSA) is 78.7 Å². The van der Waals surface area contributed by atoms with Crippen LogP contribution in [0, 0.1) is 16.7 Å². The lowest BCUT2D eigenvalue weighted by molar-refractivity contribution is 0.0108. The number of thiazole rings is 1. The summed E-state index contributed by atoms with van der Waals surface area (Å²) in [5.74, 6) is 3.01. The lowest BCUT2D eigenvalue weighted by Gasteiger charge is -2.56. The Bertz CT molecular complexity index is 1560. The summed E-state index contributed by atoms with van der Waals surface area (Å²) >= 11 is 1.46. The predicted molar refractivity (Wildman–Crippen MR) is 171 cm³/mol. The van der Waals surface area contributed by atoms with Crippen LogP contribution in [0.15, 0.2) is 47.5 Å². The first-order valence-electron chi connectivity index (χ1n) is 15.2. The van der Waals surface area contributed by atoms with Gasteiger partial charge in [-0.25, -0.2) is 4.98 Å². The summed E-state index contributed by atoms with van der Waals surface area (Å²) in [5.41, 5.74) is 6.96. The molecule has 1 aliphatic heterocycles. The Morgan fingerprint density at radius 3 is 2.62 bits per heavy atom. The van der Waals surface area contributed by atoms with Gasteiger partial charge in [-0.3, -0.25) is 5.41 Å². The van der Waals surface area contributed by atoms with E-state index in [1.54, 1.807) is 14.2 Å². The van der Waals surface area contributed by atoms with Crippen LogP contribution in [0.4, 0.5) is 0 Å². The maximum atomic E-state index is 11.1. The van der Waals surface area contributed by atoms with Crippen molar-refractivity contribution in [1.29, 1.82) is 5.41 Å². The van der Waals surface area contributed by atoms with E-state index in [0.29, 0.717) is 46.3 Å². The first-order chi connectivity index (χ1) is 20.1. The molecule has 0 saturated heterocycles. The van der Waals surface area contributed by atoms with E-state index in [4.69, 9.17) is 19.9 Å². The second kappa shape index (κ2) is 10.7. The van der Waals surface area contributed by atoms with Crippen molar-refractivity contribution in [3.63, 3.8) is 0 Å². The van der Waals surface area contributed by atoms with Gasteiger partial charge in [-0.05, 0) is 83.2 Å². The normalized spacial score (nSPS) is 25.5. The zero-order chi connectivity index (χ0) is 29.8. The highest BCUT2D eigenvalue weighted by atomic mass is 32.1. The molecule has 1 saturated carbocycles. The molecule has 6 rings (SSSR count). The number of methoxy groups -OCH3 is 2.